The first-order valence-corrected chi connectivity index (χ1v) is 9.04. The zero-order valence-electron chi connectivity index (χ0n) is 12.5. The highest BCUT2D eigenvalue weighted by molar-refractivity contribution is 7.89. The molecule has 1 amide bonds. The van der Waals surface area contributed by atoms with Crippen molar-refractivity contribution >= 4 is 38.9 Å². The summed E-state index contributed by atoms with van der Waals surface area (Å²) in [6.45, 7) is 0.392. The molecule has 6 nitrogen and oxygen atoms in total. The number of nitrogens with zero attached hydrogens (tertiary/aromatic N) is 1. The molecular weight excluding hydrogens is 350 g/mol. The quantitative estimate of drug-likeness (QED) is 0.868. The molecule has 0 unspecified atom stereocenters. The number of carbonyl (C=O) groups excluding carboxylic acids is 1. The molecule has 1 aliphatic rings. The van der Waals surface area contributed by atoms with E-state index in [0.717, 1.165) is 5.56 Å². The predicted molar refractivity (Wildman–Crippen MR) is 93.0 cm³/mol. The van der Waals surface area contributed by atoms with Crippen LogP contribution in [0.3, 0.4) is 0 Å². The molecule has 1 heterocycles. The predicted octanol–water partition coefficient (Wildman–Crippen LogP) is 1.97. The Morgan fingerprint density at radius 3 is 2.50 bits per heavy atom. The number of hydrogen-bond donors (Lipinski definition) is 2. The highest BCUT2D eigenvalue weighted by Crippen LogP contribution is 2.26. The van der Waals surface area contributed by atoms with E-state index >= 15 is 0 Å². The fraction of sp³-hybridized carbons (Fsp3) is 0.125. The molecular formula is C16H14ClN3O3S. The Labute approximate surface area is 144 Å². The Hall–Kier alpha value is -2.22. The van der Waals surface area contributed by atoms with E-state index in [9.17, 15) is 13.2 Å². The van der Waals surface area contributed by atoms with Crippen molar-refractivity contribution in [3.05, 3.63) is 58.6 Å². The lowest BCUT2D eigenvalue weighted by molar-refractivity contribution is -0.110. The number of rotatable bonds is 4. The zero-order chi connectivity index (χ0) is 17.3. The van der Waals surface area contributed by atoms with Crippen LogP contribution in [0.1, 0.15) is 11.1 Å². The van der Waals surface area contributed by atoms with Gasteiger partial charge in [-0.25, -0.2) is 13.6 Å². The van der Waals surface area contributed by atoms with E-state index in [1.54, 1.807) is 30.3 Å². The number of carbonyl (C=O) groups is 1. The molecule has 124 valence electrons. The standard InChI is InChI=1S/C16H14ClN3O3S/c17-11-3-6-14-13(9-11)15(16(21)20-14)19-8-7-10-1-4-12(5-2-10)24(18,22)23/h1-6,9H,7-8H2,(H2,18,22,23)(H,19,20,21). The number of hydrogen-bond acceptors (Lipinski definition) is 4. The smallest absolute Gasteiger partial charge is 0.274 e. The maximum atomic E-state index is 12.0. The second kappa shape index (κ2) is 6.35. The molecule has 0 aromatic heterocycles. The summed E-state index contributed by atoms with van der Waals surface area (Å²) in [5, 5.41) is 8.33. The van der Waals surface area contributed by atoms with Gasteiger partial charge < -0.3 is 5.32 Å². The summed E-state index contributed by atoms with van der Waals surface area (Å²) in [6.07, 6.45) is 0.567. The number of aliphatic imine (C=N–C) groups is 1. The van der Waals surface area contributed by atoms with E-state index in [1.807, 2.05) is 0 Å². The highest BCUT2D eigenvalue weighted by atomic mass is 35.5. The number of benzene rings is 2. The topological polar surface area (TPSA) is 102 Å². The van der Waals surface area contributed by atoms with Crippen LogP contribution < -0.4 is 10.5 Å². The van der Waals surface area contributed by atoms with Crippen LogP contribution in [0.4, 0.5) is 5.69 Å². The largest absolute Gasteiger partial charge is 0.320 e. The second-order valence-electron chi connectivity index (χ2n) is 5.31. The monoisotopic (exact) mass is 363 g/mol. The Morgan fingerprint density at radius 2 is 1.83 bits per heavy atom. The van der Waals surface area contributed by atoms with E-state index in [-0.39, 0.29) is 10.8 Å². The minimum Gasteiger partial charge on any atom is -0.320 e. The zero-order valence-corrected chi connectivity index (χ0v) is 14.1. The lowest BCUT2D eigenvalue weighted by atomic mass is 10.1. The summed E-state index contributed by atoms with van der Waals surface area (Å²) in [5.74, 6) is -0.253. The molecule has 0 aliphatic carbocycles. The van der Waals surface area contributed by atoms with E-state index < -0.39 is 10.0 Å². The van der Waals surface area contributed by atoms with Crippen molar-refractivity contribution in [3.8, 4) is 0 Å². The van der Waals surface area contributed by atoms with Crippen molar-refractivity contribution in [2.45, 2.75) is 11.3 Å². The molecule has 0 saturated heterocycles. The van der Waals surface area contributed by atoms with Crippen molar-refractivity contribution in [2.24, 2.45) is 10.1 Å². The Balaban J connectivity index is 1.73. The number of fused-ring (bicyclic) bond motifs is 1. The normalized spacial score (nSPS) is 15.4. The Kier molecular flexibility index (Phi) is 4.40. The molecule has 0 atom stereocenters. The number of anilines is 1. The van der Waals surface area contributed by atoms with Gasteiger partial charge in [-0.3, -0.25) is 9.79 Å². The maximum Gasteiger partial charge on any atom is 0.274 e. The highest BCUT2D eigenvalue weighted by Gasteiger charge is 2.25. The van der Waals surface area contributed by atoms with E-state index in [1.165, 1.54) is 12.1 Å². The van der Waals surface area contributed by atoms with Gasteiger partial charge in [-0.1, -0.05) is 23.7 Å². The van der Waals surface area contributed by atoms with Gasteiger partial charge in [-0.05, 0) is 42.3 Å². The second-order valence-corrected chi connectivity index (χ2v) is 7.31. The molecule has 0 saturated carbocycles. The van der Waals surface area contributed by atoms with Gasteiger partial charge in [0.05, 0.1) is 10.6 Å². The van der Waals surface area contributed by atoms with Crippen LogP contribution in [0.25, 0.3) is 0 Å². The molecule has 2 aromatic rings. The van der Waals surface area contributed by atoms with Gasteiger partial charge in [0.15, 0.2) is 0 Å². The summed E-state index contributed by atoms with van der Waals surface area (Å²) in [5.41, 5.74) is 2.64. The fourth-order valence-corrected chi connectivity index (χ4v) is 3.11. The van der Waals surface area contributed by atoms with Gasteiger partial charge >= 0.3 is 0 Å². The van der Waals surface area contributed by atoms with Crippen LogP contribution >= 0.6 is 11.6 Å². The van der Waals surface area contributed by atoms with E-state index in [4.69, 9.17) is 16.7 Å². The first-order valence-electron chi connectivity index (χ1n) is 7.12. The number of nitrogens with one attached hydrogen (secondary N) is 1. The summed E-state index contributed by atoms with van der Waals surface area (Å²) in [7, 11) is -3.69. The molecule has 0 fully saturated rings. The first-order chi connectivity index (χ1) is 11.3. The van der Waals surface area contributed by atoms with Crippen molar-refractivity contribution in [2.75, 3.05) is 11.9 Å². The summed E-state index contributed by atoms with van der Waals surface area (Å²) < 4.78 is 22.4. The van der Waals surface area contributed by atoms with Gasteiger partial charge in [0, 0.05) is 17.1 Å². The molecule has 24 heavy (non-hydrogen) atoms. The molecule has 1 aliphatic heterocycles. The van der Waals surface area contributed by atoms with Gasteiger partial charge in [0.25, 0.3) is 5.91 Å². The van der Waals surface area contributed by atoms with Crippen LogP contribution in [0.15, 0.2) is 52.4 Å². The van der Waals surface area contributed by atoms with Crippen LogP contribution in [-0.4, -0.2) is 26.6 Å². The summed E-state index contributed by atoms with van der Waals surface area (Å²) >= 11 is 5.96. The van der Waals surface area contributed by atoms with Gasteiger partial charge in [-0.15, -0.1) is 0 Å². The van der Waals surface area contributed by atoms with Gasteiger partial charge in [0.1, 0.15) is 5.71 Å². The van der Waals surface area contributed by atoms with Crippen molar-refractivity contribution in [1.29, 1.82) is 0 Å². The fourth-order valence-electron chi connectivity index (χ4n) is 2.42. The van der Waals surface area contributed by atoms with Crippen LogP contribution in [0.2, 0.25) is 5.02 Å². The SMILES string of the molecule is NS(=O)(=O)c1ccc(CCN=C2C(=O)Nc3ccc(Cl)cc32)cc1. The maximum absolute atomic E-state index is 12.0. The van der Waals surface area contributed by atoms with E-state index in [2.05, 4.69) is 10.3 Å². The summed E-state index contributed by atoms with van der Waals surface area (Å²) in [6, 6.07) is 11.4. The average Bonchev–Trinajstić information content (AvgIpc) is 2.82. The molecule has 8 heteroatoms. The molecule has 0 bridgehead atoms. The average molecular weight is 364 g/mol. The number of primary sulfonamides is 1. The summed E-state index contributed by atoms with van der Waals surface area (Å²) in [4.78, 5) is 16.4. The third-order valence-electron chi connectivity index (χ3n) is 3.62. The third-order valence-corrected chi connectivity index (χ3v) is 4.79. The first kappa shape index (κ1) is 16.6. The molecule has 0 spiro atoms. The number of amides is 1. The number of sulfonamides is 1. The molecule has 3 rings (SSSR count). The molecule has 3 N–H and O–H groups in total. The van der Waals surface area contributed by atoms with Crippen molar-refractivity contribution in [3.63, 3.8) is 0 Å². The minimum absolute atomic E-state index is 0.0660. The third kappa shape index (κ3) is 3.48. The Bertz CT molecular complexity index is 938. The lowest BCUT2D eigenvalue weighted by Crippen LogP contribution is -2.15. The van der Waals surface area contributed by atoms with Gasteiger partial charge in [-0.2, -0.15) is 0 Å². The lowest BCUT2D eigenvalue weighted by Gasteiger charge is -2.02. The number of halogens is 1. The van der Waals surface area contributed by atoms with Gasteiger partial charge in [0.2, 0.25) is 10.0 Å². The van der Waals surface area contributed by atoms with Crippen molar-refractivity contribution < 1.29 is 13.2 Å². The van der Waals surface area contributed by atoms with Crippen LogP contribution in [0, 0.1) is 0 Å². The molecule has 2 aromatic carbocycles. The molecule has 0 radical (unpaired) electrons. The van der Waals surface area contributed by atoms with E-state index in [0.29, 0.717) is 35.0 Å². The van der Waals surface area contributed by atoms with Crippen molar-refractivity contribution in [1.82, 2.24) is 0 Å². The van der Waals surface area contributed by atoms with Crippen LogP contribution in [-0.2, 0) is 21.2 Å². The Morgan fingerprint density at radius 1 is 1.12 bits per heavy atom. The van der Waals surface area contributed by atoms with Crippen LogP contribution in [0.5, 0.6) is 0 Å². The minimum atomic E-state index is -3.69. The number of nitrogens with two attached hydrogens (primary N) is 1.